The number of allylic oxidation sites excluding steroid dienone is 2. The maximum Gasteiger partial charge on any atom is -0.0225 e. The van der Waals surface area contributed by atoms with Crippen molar-refractivity contribution in [3.63, 3.8) is 0 Å². The first-order valence-electron chi connectivity index (χ1n) is 4.64. The van der Waals surface area contributed by atoms with Crippen LogP contribution in [0.1, 0.15) is 30.5 Å². The van der Waals surface area contributed by atoms with Crippen LogP contribution < -0.4 is 0 Å². The molecule has 1 aromatic rings. The zero-order valence-electron chi connectivity index (χ0n) is 8.54. The molecule has 0 saturated carbocycles. The quantitative estimate of drug-likeness (QED) is 0.631. The van der Waals surface area contributed by atoms with Gasteiger partial charge in [-0.1, -0.05) is 36.4 Å². The minimum absolute atomic E-state index is 1.27. The van der Waals surface area contributed by atoms with Gasteiger partial charge >= 0.3 is 0 Å². The van der Waals surface area contributed by atoms with E-state index in [0.29, 0.717) is 0 Å². The van der Waals surface area contributed by atoms with E-state index in [2.05, 4.69) is 49.4 Å². The summed E-state index contributed by atoms with van der Waals surface area (Å²) in [4.78, 5) is 0. The fourth-order valence-electron chi connectivity index (χ4n) is 1.31. The normalized spacial score (nSPS) is 11.6. The summed E-state index contributed by atoms with van der Waals surface area (Å²) < 4.78 is 0. The summed E-state index contributed by atoms with van der Waals surface area (Å²) in [6.45, 7) is 6.21. The van der Waals surface area contributed by atoms with E-state index in [-0.39, 0.29) is 0 Å². The van der Waals surface area contributed by atoms with Crippen molar-refractivity contribution < 1.29 is 0 Å². The zero-order valence-corrected chi connectivity index (χ0v) is 8.54. The molecule has 0 aliphatic heterocycles. The Balaban J connectivity index is 3.10. The molecule has 0 bridgehead atoms. The number of rotatable bonds is 2. The van der Waals surface area contributed by atoms with Gasteiger partial charge in [0.2, 0.25) is 0 Å². The van der Waals surface area contributed by atoms with Crippen molar-refractivity contribution in [2.45, 2.75) is 20.8 Å². The number of benzene rings is 1. The largest absolute Gasteiger partial charge is 0.0871 e. The van der Waals surface area contributed by atoms with Gasteiger partial charge in [-0.15, -0.1) is 0 Å². The summed E-state index contributed by atoms with van der Waals surface area (Å²) >= 11 is 0. The highest BCUT2D eigenvalue weighted by Crippen LogP contribution is 2.13. The third kappa shape index (κ3) is 2.59. The van der Waals surface area contributed by atoms with Crippen molar-refractivity contribution in [2.75, 3.05) is 0 Å². The van der Waals surface area contributed by atoms with Gasteiger partial charge in [-0.05, 0) is 43.5 Å². The summed E-state index contributed by atoms with van der Waals surface area (Å²) in [5.74, 6) is 0. The lowest BCUT2D eigenvalue weighted by Gasteiger charge is -2.01. The van der Waals surface area contributed by atoms with Crippen LogP contribution in [0.5, 0.6) is 0 Å². The Morgan fingerprint density at radius 1 is 1.00 bits per heavy atom. The van der Waals surface area contributed by atoms with E-state index in [1.165, 1.54) is 16.7 Å². The second kappa shape index (κ2) is 4.66. The molecule has 68 valence electrons. The van der Waals surface area contributed by atoms with Gasteiger partial charge < -0.3 is 0 Å². The molecule has 0 radical (unpaired) electrons. The standard InChI is InChI=1S/C13H16/c1-4-6-12-9-8-11(3)13(10-12)7-5-2/h4-10H,1-3H3/b6-4+,7-5-. The van der Waals surface area contributed by atoms with E-state index in [1.807, 2.05) is 13.8 Å². The molecule has 0 atom stereocenters. The highest BCUT2D eigenvalue weighted by molar-refractivity contribution is 5.60. The smallest absolute Gasteiger partial charge is 0.0225 e. The van der Waals surface area contributed by atoms with Crippen molar-refractivity contribution in [1.29, 1.82) is 0 Å². The highest BCUT2D eigenvalue weighted by atomic mass is 14.0. The first-order valence-corrected chi connectivity index (χ1v) is 4.64. The van der Waals surface area contributed by atoms with Crippen LogP contribution in [-0.4, -0.2) is 0 Å². The first kappa shape index (κ1) is 9.79. The minimum atomic E-state index is 1.27. The molecule has 1 rings (SSSR count). The molecule has 0 amide bonds. The van der Waals surface area contributed by atoms with Crippen molar-refractivity contribution >= 4 is 12.2 Å². The summed E-state index contributed by atoms with van der Waals surface area (Å²) in [5, 5.41) is 0. The third-order valence-electron chi connectivity index (χ3n) is 2.01. The van der Waals surface area contributed by atoms with Crippen LogP contribution in [-0.2, 0) is 0 Å². The number of hydrogen-bond acceptors (Lipinski definition) is 0. The number of hydrogen-bond donors (Lipinski definition) is 0. The van der Waals surface area contributed by atoms with Gasteiger partial charge in [0.15, 0.2) is 0 Å². The third-order valence-corrected chi connectivity index (χ3v) is 2.01. The highest BCUT2D eigenvalue weighted by Gasteiger charge is 1.93. The van der Waals surface area contributed by atoms with Crippen LogP contribution in [0.2, 0.25) is 0 Å². The number of aryl methyl sites for hydroxylation is 1. The average molecular weight is 172 g/mol. The van der Waals surface area contributed by atoms with Crippen molar-refractivity contribution in [3.8, 4) is 0 Å². The van der Waals surface area contributed by atoms with Gasteiger partial charge in [-0.25, -0.2) is 0 Å². The average Bonchev–Trinajstić information content (AvgIpc) is 2.12. The van der Waals surface area contributed by atoms with Gasteiger partial charge in [-0.3, -0.25) is 0 Å². The lowest BCUT2D eigenvalue weighted by atomic mass is 10.0. The summed E-state index contributed by atoms with van der Waals surface area (Å²) in [6, 6.07) is 6.50. The molecule has 0 nitrogen and oxygen atoms in total. The van der Waals surface area contributed by atoms with Gasteiger partial charge in [-0.2, -0.15) is 0 Å². The maximum atomic E-state index is 2.20. The van der Waals surface area contributed by atoms with Gasteiger partial charge in [0, 0.05) is 0 Å². The molecule has 0 saturated heterocycles. The molecular weight excluding hydrogens is 156 g/mol. The zero-order chi connectivity index (χ0) is 9.68. The Morgan fingerprint density at radius 3 is 2.31 bits per heavy atom. The van der Waals surface area contributed by atoms with Gasteiger partial charge in [0.1, 0.15) is 0 Å². The fraction of sp³-hybridized carbons (Fsp3) is 0.231. The van der Waals surface area contributed by atoms with Crippen LogP contribution in [0.3, 0.4) is 0 Å². The summed E-state index contributed by atoms with van der Waals surface area (Å²) in [6.07, 6.45) is 8.39. The Hall–Kier alpha value is -1.30. The van der Waals surface area contributed by atoms with Crippen LogP contribution in [0.4, 0.5) is 0 Å². The van der Waals surface area contributed by atoms with Crippen molar-refractivity contribution in [3.05, 3.63) is 47.0 Å². The molecule has 1 aromatic carbocycles. The molecule has 0 spiro atoms. The second-order valence-electron chi connectivity index (χ2n) is 3.12. The van der Waals surface area contributed by atoms with E-state index in [0.717, 1.165) is 0 Å². The molecule has 0 heteroatoms. The molecule has 0 aliphatic carbocycles. The van der Waals surface area contributed by atoms with Crippen molar-refractivity contribution in [2.24, 2.45) is 0 Å². The van der Waals surface area contributed by atoms with E-state index in [1.54, 1.807) is 0 Å². The van der Waals surface area contributed by atoms with Crippen LogP contribution in [0.15, 0.2) is 30.4 Å². The Kier molecular flexibility index (Phi) is 3.51. The van der Waals surface area contributed by atoms with Gasteiger partial charge in [0.25, 0.3) is 0 Å². The van der Waals surface area contributed by atoms with Crippen molar-refractivity contribution in [1.82, 2.24) is 0 Å². The molecule has 13 heavy (non-hydrogen) atoms. The molecule has 0 aliphatic rings. The first-order chi connectivity index (χ1) is 6.27. The predicted molar refractivity (Wildman–Crippen MR) is 60.6 cm³/mol. The molecule has 0 unspecified atom stereocenters. The Bertz CT molecular complexity index is 330. The molecule has 0 fully saturated rings. The lowest BCUT2D eigenvalue weighted by Crippen LogP contribution is -1.81. The van der Waals surface area contributed by atoms with E-state index < -0.39 is 0 Å². The fourth-order valence-corrected chi connectivity index (χ4v) is 1.31. The minimum Gasteiger partial charge on any atom is -0.0871 e. The molecule has 0 N–H and O–H groups in total. The topological polar surface area (TPSA) is 0 Å². The predicted octanol–water partition coefficient (Wildman–Crippen LogP) is 4.06. The summed E-state index contributed by atoms with van der Waals surface area (Å²) in [7, 11) is 0. The van der Waals surface area contributed by atoms with E-state index >= 15 is 0 Å². The van der Waals surface area contributed by atoms with E-state index in [9.17, 15) is 0 Å². The van der Waals surface area contributed by atoms with Crippen LogP contribution in [0, 0.1) is 6.92 Å². The lowest BCUT2D eigenvalue weighted by molar-refractivity contribution is 1.43. The molecule has 0 aromatic heterocycles. The van der Waals surface area contributed by atoms with Crippen LogP contribution >= 0.6 is 0 Å². The van der Waals surface area contributed by atoms with E-state index in [4.69, 9.17) is 0 Å². The second-order valence-corrected chi connectivity index (χ2v) is 3.12. The van der Waals surface area contributed by atoms with Gasteiger partial charge in [0.05, 0.1) is 0 Å². The molecule has 0 heterocycles. The molecular formula is C13H16. The monoisotopic (exact) mass is 172 g/mol. The Morgan fingerprint density at radius 2 is 1.69 bits per heavy atom. The van der Waals surface area contributed by atoms with Crippen LogP contribution in [0.25, 0.3) is 12.2 Å². The SMILES string of the molecule is C/C=C\c1cc(/C=C/C)ccc1C. The maximum absolute atomic E-state index is 2.20. The Labute approximate surface area is 80.6 Å². The summed E-state index contributed by atoms with van der Waals surface area (Å²) in [5.41, 5.74) is 3.89.